The van der Waals surface area contributed by atoms with E-state index < -0.39 is 9.84 Å². The van der Waals surface area contributed by atoms with Crippen LogP contribution in [0.2, 0.25) is 0 Å². The number of halogens is 1. The lowest BCUT2D eigenvalue weighted by atomic mass is 10.3. The Morgan fingerprint density at radius 3 is 2.82 bits per heavy atom. The summed E-state index contributed by atoms with van der Waals surface area (Å²) in [6, 6.07) is 1.71. The normalized spacial score (nSPS) is 20.1. The van der Waals surface area contributed by atoms with Gasteiger partial charge in [0.1, 0.15) is 11.5 Å². The van der Waals surface area contributed by atoms with E-state index in [0.29, 0.717) is 10.4 Å². The van der Waals surface area contributed by atoms with Crippen LogP contribution in [0.4, 0.5) is 0 Å². The fraction of sp³-hybridized carbons (Fsp3) is 0.333. The van der Waals surface area contributed by atoms with Gasteiger partial charge in [0.05, 0.1) is 5.75 Å². The van der Waals surface area contributed by atoms with Gasteiger partial charge in [-0.15, -0.1) is 0 Å². The highest BCUT2D eigenvalue weighted by Gasteiger charge is 2.28. The van der Waals surface area contributed by atoms with Crippen LogP contribution >= 0.6 is 15.9 Å². The van der Waals surface area contributed by atoms with Crippen molar-refractivity contribution in [2.24, 2.45) is 0 Å². The van der Waals surface area contributed by atoms with Crippen LogP contribution in [0.25, 0.3) is 0 Å². The molecule has 0 saturated heterocycles. The smallest absolute Gasteiger partial charge is 0.169 e. The number of hydrogen-bond acceptors (Lipinski definition) is 3. The van der Waals surface area contributed by atoms with Crippen molar-refractivity contribution in [1.29, 1.82) is 0 Å². The first-order chi connectivity index (χ1) is 5.07. The van der Waals surface area contributed by atoms with Crippen molar-refractivity contribution in [2.75, 3.05) is 0 Å². The summed E-state index contributed by atoms with van der Waals surface area (Å²) in [5.41, 5.74) is 0.789. The molecule has 0 aromatic carbocycles. The highest BCUT2D eigenvalue weighted by molar-refractivity contribution is 9.10. The maximum atomic E-state index is 11.0. The summed E-state index contributed by atoms with van der Waals surface area (Å²) in [6.07, 6.45) is 0. The van der Waals surface area contributed by atoms with Crippen molar-refractivity contribution in [1.82, 2.24) is 0 Å². The van der Waals surface area contributed by atoms with E-state index in [0.717, 1.165) is 5.56 Å². The Labute approximate surface area is 72.4 Å². The molecule has 0 unspecified atom stereocenters. The fourth-order valence-corrected chi connectivity index (χ4v) is 3.10. The minimum Gasteiger partial charge on any atom is -0.453 e. The van der Waals surface area contributed by atoms with Gasteiger partial charge in [-0.2, -0.15) is 0 Å². The predicted molar refractivity (Wildman–Crippen MR) is 42.7 cm³/mol. The Hall–Kier alpha value is -0.290. The van der Waals surface area contributed by atoms with Crippen LogP contribution in [0.3, 0.4) is 0 Å². The molecule has 0 N–H and O–H groups in total. The van der Waals surface area contributed by atoms with Crippen molar-refractivity contribution in [2.45, 2.75) is 11.5 Å². The number of hydrogen-bond donors (Lipinski definition) is 0. The molecule has 1 aromatic rings. The van der Waals surface area contributed by atoms with E-state index >= 15 is 0 Å². The molecule has 11 heavy (non-hydrogen) atoms. The quantitative estimate of drug-likeness (QED) is 0.686. The van der Waals surface area contributed by atoms with Gasteiger partial charge >= 0.3 is 0 Å². The monoisotopic (exact) mass is 236 g/mol. The SMILES string of the molecule is O=S1(=O)Cc2cc(Br)oc2C1. The van der Waals surface area contributed by atoms with Gasteiger partial charge in [-0.1, -0.05) is 0 Å². The fourth-order valence-electron chi connectivity index (χ4n) is 1.16. The standard InChI is InChI=1S/C6H5BrO3S/c7-6-1-4-2-11(8,9)3-5(4)10-6/h1H,2-3H2. The van der Waals surface area contributed by atoms with Gasteiger partial charge in [-0.3, -0.25) is 0 Å². The molecule has 0 saturated carbocycles. The Bertz CT molecular complexity index is 360. The Kier molecular flexibility index (Phi) is 1.41. The van der Waals surface area contributed by atoms with Crippen LogP contribution in [0, 0.1) is 0 Å². The van der Waals surface area contributed by atoms with E-state index in [2.05, 4.69) is 15.9 Å². The highest BCUT2D eigenvalue weighted by atomic mass is 79.9. The number of furan rings is 1. The molecule has 0 fully saturated rings. The molecule has 1 aliphatic rings. The maximum absolute atomic E-state index is 11.0. The molecule has 60 valence electrons. The molecule has 5 heteroatoms. The minimum atomic E-state index is -2.89. The van der Waals surface area contributed by atoms with Crippen LogP contribution in [0.15, 0.2) is 15.2 Å². The lowest BCUT2D eigenvalue weighted by molar-refractivity contribution is 0.502. The van der Waals surface area contributed by atoms with E-state index in [9.17, 15) is 8.42 Å². The molecule has 2 rings (SSSR count). The van der Waals surface area contributed by atoms with Crippen molar-refractivity contribution in [3.63, 3.8) is 0 Å². The second-order valence-electron chi connectivity index (χ2n) is 2.53. The molecule has 0 bridgehead atoms. The van der Waals surface area contributed by atoms with Crippen molar-refractivity contribution in [3.05, 3.63) is 22.1 Å². The van der Waals surface area contributed by atoms with Crippen LogP contribution in [0.5, 0.6) is 0 Å². The van der Waals surface area contributed by atoms with Gasteiger partial charge in [0.15, 0.2) is 14.5 Å². The van der Waals surface area contributed by atoms with Crippen molar-refractivity contribution < 1.29 is 12.8 Å². The van der Waals surface area contributed by atoms with Gasteiger partial charge < -0.3 is 4.42 Å². The van der Waals surface area contributed by atoms with Gasteiger partial charge in [0.2, 0.25) is 0 Å². The van der Waals surface area contributed by atoms with E-state index in [4.69, 9.17) is 4.42 Å². The summed E-state index contributed by atoms with van der Waals surface area (Å²) < 4.78 is 27.7. The second-order valence-corrected chi connectivity index (χ2v) is 5.38. The third-order valence-electron chi connectivity index (χ3n) is 1.59. The molecule has 3 nitrogen and oxygen atoms in total. The largest absolute Gasteiger partial charge is 0.453 e. The zero-order valence-corrected chi connectivity index (χ0v) is 7.91. The minimum absolute atomic E-state index is 0.0495. The predicted octanol–water partition coefficient (Wildman–Crippen LogP) is 1.47. The van der Waals surface area contributed by atoms with Gasteiger partial charge in [0, 0.05) is 5.56 Å². The van der Waals surface area contributed by atoms with Crippen molar-refractivity contribution >= 4 is 25.8 Å². The zero-order valence-electron chi connectivity index (χ0n) is 5.50. The molecule has 0 atom stereocenters. The molecule has 1 aromatic heterocycles. The Balaban J connectivity index is 2.53. The van der Waals surface area contributed by atoms with E-state index in [-0.39, 0.29) is 11.5 Å². The second kappa shape index (κ2) is 2.10. The van der Waals surface area contributed by atoms with E-state index in [1.54, 1.807) is 6.07 Å². The molecule has 0 aliphatic carbocycles. The molecular weight excluding hydrogens is 232 g/mol. The molecule has 1 aliphatic heterocycles. The summed E-state index contributed by atoms with van der Waals surface area (Å²) in [7, 11) is -2.89. The first-order valence-corrected chi connectivity index (χ1v) is 5.66. The topological polar surface area (TPSA) is 47.3 Å². The van der Waals surface area contributed by atoms with Gasteiger partial charge in [0.25, 0.3) is 0 Å². The Morgan fingerprint density at radius 1 is 1.45 bits per heavy atom. The first-order valence-electron chi connectivity index (χ1n) is 3.04. The zero-order chi connectivity index (χ0) is 8.06. The number of rotatable bonds is 0. The highest BCUT2D eigenvalue weighted by Crippen LogP contribution is 2.30. The third kappa shape index (κ3) is 1.22. The lowest BCUT2D eigenvalue weighted by Gasteiger charge is -1.87. The molecule has 0 radical (unpaired) electrons. The Morgan fingerprint density at radius 2 is 2.18 bits per heavy atom. The summed E-state index contributed by atoms with van der Waals surface area (Å²) in [5, 5.41) is 0. The summed E-state index contributed by atoms with van der Waals surface area (Å²) in [6.45, 7) is 0. The van der Waals surface area contributed by atoms with Crippen LogP contribution in [-0.4, -0.2) is 8.42 Å². The van der Waals surface area contributed by atoms with Gasteiger partial charge in [-0.05, 0) is 22.0 Å². The van der Waals surface area contributed by atoms with E-state index in [1.807, 2.05) is 0 Å². The maximum Gasteiger partial charge on any atom is 0.169 e. The van der Waals surface area contributed by atoms with Gasteiger partial charge in [-0.25, -0.2) is 8.42 Å². The van der Waals surface area contributed by atoms with Crippen molar-refractivity contribution in [3.8, 4) is 0 Å². The number of fused-ring (bicyclic) bond motifs is 1. The van der Waals surface area contributed by atoms with Crippen LogP contribution in [0.1, 0.15) is 11.3 Å². The number of sulfone groups is 1. The summed E-state index contributed by atoms with van der Waals surface area (Å²) >= 11 is 3.13. The first kappa shape index (κ1) is 7.36. The lowest BCUT2D eigenvalue weighted by Crippen LogP contribution is -1.96. The average Bonchev–Trinajstić information content (AvgIpc) is 2.17. The third-order valence-corrected chi connectivity index (χ3v) is 3.44. The molecule has 0 amide bonds. The molecule has 2 heterocycles. The molecular formula is C6H5BrO3S. The molecule has 0 spiro atoms. The summed E-state index contributed by atoms with van der Waals surface area (Å²) in [4.78, 5) is 0. The van der Waals surface area contributed by atoms with E-state index in [1.165, 1.54) is 0 Å². The average molecular weight is 237 g/mol. The van der Waals surface area contributed by atoms with Crippen LogP contribution in [-0.2, 0) is 21.3 Å². The van der Waals surface area contributed by atoms with Crippen LogP contribution < -0.4 is 0 Å². The summed E-state index contributed by atoms with van der Waals surface area (Å²) in [5.74, 6) is 0.752.